The fourth-order valence-corrected chi connectivity index (χ4v) is 2.93. The van der Waals surface area contributed by atoms with Crippen molar-refractivity contribution in [1.29, 1.82) is 0 Å². The Morgan fingerprint density at radius 2 is 1.71 bits per heavy atom. The summed E-state index contributed by atoms with van der Waals surface area (Å²) >= 11 is 0. The number of aromatic nitrogens is 1. The van der Waals surface area contributed by atoms with Crippen LogP contribution < -0.4 is 10.9 Å². The molecule has 0 radical (unpaired) electrons. The molecule has 2 aromatic heterocycles. The number of anilines is 2. The van der Waals surface area contributed by atoms with Crippen molar-refractivity contribution in [2.75, 3.05) is 5.32 Å². The van der Waals surface area contributed by atoms with E-state index in [9.17, 15) is 18.0 Å². The molecule has 0 unspecified atom stereocenters. The van der Waals surface area contributed by atoms with Gasteiger partial charge in [-0.25, -0.2) is 4.79 Å². The van der Waals surface area contributed by atoms with Crippen LogP contribution in [0.25, 0.3) is 22.2 Å². The SMILES string of the molecule is O=c1oc2cccnc2c(Nc2ccccc2)c1-c1cccc(C(F)(F)F)c1. The van der Waals surface area contributed by atoms with Gasteiger partial charge in [-0.05, 0) is 42.0 Å². The van der Waals surface area contributed by atoms with Crippen molar-refractivity contribution < 1.29 is 17.6 Å². The minimum Gasteiger partial charge on any atom is -0.420 e. The standard InChI is InChI=1S/C21H13F3N2O2/c22-21(23,24)14-7-4-6-13(12-14)17-19(26-15-8-2-1-3-9-15)18-16(28-20(17)27)10-5-11-25-18/h1-12,26H. The van der Waals surface area contributed by atoms with Gasteiger partial charge in [0.2, 0.25) is 0 Å². The molecule has 140 valence electrons. The topological polar surface area (TPSA) is 55.1 Å². The molecule has 2 aromatic carbocycles. The number of hydrogen-bond acceptors (Lipinski definition) is 4. The Kier molecular flexibility index (Phi) is 4.35. The zero-order valence-electron chi connectivity index (χ0n) is 14.3. The molecular formula is C21H13F3N2O2. The molecule has 0 aliphatic carbocycles. The summed E-state index contributed by atoms with van der Waals surface area (Å²) < 4.78 is 44.8. The van der Waals surface area contributed by atoms with E-state index in [1.165, 1.54) is 18.3 Å². The Labute approximate surface area is 157 Å². The molecule has 0 aliphatic heterocycles. The summed E-state index contributed by atoms with van der Waals surface area (Å²) in [7, 11) is 0. The van der Waals surface area contributed by atoms with E-state index in [1.807, 2.05) is 6.07 Å². The lowest BCUT2D eigenvalue weighted by Gasteiger charge is -2.14. The van der Waals surface area contributed by atoms with Crippen molar-refractivity contribution in [2.45, 2.75) is 6.18 Å². The first-order chi connectivity index (χ1) is 13.4. The monoisotopic (exact) mass is 382 g/mol. The summed E-state index contributed by atoms with van der Waals surface area (Å²) in [5.41, 5.74) is 0.0100. The predicted molar refractivity (Wildman–Crippen MR) is 100 cm³/mol. The third kappa shape index (κ3) is 3.34. The fraction of sp³-hybridized carbons (Fsp3) is 0.0476. The van der Waals surface area contributed by atoms with Gasteiger partial charge in [-0.15, -0.1) is 0 Å². The first-order valence-electron chi connectivity index (χ1n) is 8.35. The third-order valence-corrected chi connectivity index (χ3v) is 4.19. The average molecular weight is 382 g/mol. The molecule has 2 heterocycles. The van der Waals surface area contributed by atoms with Gasteiger partial charge in [0.15, 0.2) is 5.58 Å². The highest BCUT2D eigenvalue weighted by Gasteiger charge is 2.31. The Bertz CT molecular complexity index is 1200. The van der Waals surface area contributed by atoms with Crippen molar-refractivity contribution in [3.8, 4) is 11.1 Å². The molecule has 28 heavy (non-hydrogen) atoms. The van der Waals surface area contributed by atoms with E-state index >= 15 is 0 Å². The second-order valence-electron chi connectivity index (χ2n) is 6.06. The minimum atomic E-state index is -4.53. The molecule has 4 rings (SSSR count). The molecule has 0 fully saturated rings. The summed E-state index contributed by atoms with van der Waals surface area (Å²) in [5, 5.41) is 3.11. The number of rotatable bonds is 3. The molecular weight excluding hydrogens is 369 g/mol. The molecule has 1 N–H and O–H groups in total. The summed E-state index contributed by atoms with van der Waals surface area (Å²) in [4.78, 5) is 16.9. The van der Waals surface area contributed by atoms with Crippen LogP contribution in [0.1, 0.15) is 5.56 Å². The van der Waals surface area contributed by atoms with Gasteiger partial charge in [-0.3, -0.25) is 4.98 Å². The number of benzene rings is 2. The number of pyridine rings is 1. The first-order valence-corrected chi connectivity index (χ1v) is 8.35. The molecule has 0 saturated carbocycles. The molecule has 0 aliphatic rings. The Morgan fingerprint density at radius 1 is 0.929 bits per heavy atom. The van der Waals surface area contributed by atoms with Crippen molar-refractivity contribution in [3.05, 3.63) is 88.9 Å². The summed E-state index contributed by atoms with van der Waals surface area (Å²) in [6, 6.07) is 16.7. The van der Waals surface area contributed by atoms with Crippen LogP contribution in [0.3, 0.4) is 0 Å². The quantitative estimate of drug-likeness (QED) is 0.500. The highest BCUT2D eigenvalue weighted by molar-refractivity contribution is 5.97. The lowest BCUT2D eigenvalue weighted by molar-refractivity contribution is -0.137. The number of alkyl halides is 3. The van der Waals surface area contributed by atoms with Crippen molar-refractivity contribution in [3.63, 3.8) is 0 Å². The smallest absolute Gasteiger partial charge is 0.416 e. The fourth-order valence-electron chi connectivity index (χ4n) is 2.93. The first kappa shape index (κ1) is 17.8. The van der Waals surface area contributed by atoms with Crippen LogP contribution in [-0.2, 0) is 6.18 Å². The van der Waals surface area contributed by atoms with E-state index in [0.29, 0.717) is 11.2 Å². The van der Waals surface area contributed by atoms with Crippen molar-refractivity contribution in [1.82, 2.24) is 4.98 Å². The van der Waals surface area contributed by atoms with E-state index in [0.717, 1.165) is 12.1 Å². The summed E-state index contributed by atoms with van der Waals surface area (Å²) in [5.74, 6) is 0. The Hall–Kier alpha value is -3.61. The molecule has 0 spiro atoms. The largest absolute Gasteiger partial charge is 0.420 e. The third-order valence-electron chi connectivity index (χ3n) is 4.19. The van der Waals surface area contributed by atoms with Crippen molar-refractivity contribution >= 4 is 22.5 Å². The minimum absolute atomic E-state index is 0.0128. The highest BCUT2D eigenvalue weighted by atomic mass is 19.4. The van der Waals surface area contributed by atoms with Crippen LogP contribution >= 0.6 is 0 Å². The van der Waals surface area contributed by atoms with Gasteiger partial charge in [0.1, 0.15) is 5.52 Å². The number of nitrogens with zero attached hydrogens (tertiary/aromatic N) is 1. The Balaban J connectivity index is 1.99. The number of nitrogens with one attached hydrogen (secondary N) is 1. The van der Waals surface area contributed by atoms with Crippen LogP contribution in [0, 0.1) is 0 Å². The normalized spacial score (nSPS) is 11.5. The lowest BCUT2D eigenvalue weighted by atomic mass is 10.0. The van der Waals surface area contributed by atoms with E-state index < -0.39 is 17.4 Å². The van der Waals surface area contributed by atoms with Crippen molar-refractivity contribution in [2.24, 2.45) is 0 Å². The van der Waals surface area contributed by atoms with Gasteiger partial charge < -0.3 is 9.73 Å². The number of hydrogen-bond donors (Lipinski definition) is 1. The molecule has 0 atom stereocenters. The molecule has 4 aromatic rings. The van der Waals surface area contributed by atoms with Crippen LogP contribution in [0.2, 0.25) is 0 Å². The second kappa shape index (κ2) is 6.84. The zero-order valence-corrected chi connectivity index (χ0v) is 14.3. The number of para-hydroxylation sites is 1. The lowest BCUT2D eigenvalue weighted by Crippen LogP contribution is -2.10. The van der Waals surface area contributed by atoms with Gasteiger partial charge in [0.05, 0.1) is 16.8 Å². The molecule has 4 nitrogen and oxygen atoms in total. The summed E-state index contributed by atoms with van der Waals surface area (Å²) in [6.07, 6.45) is -3.01. The highest BCUT2D eigenvalue weighted by Crippen LogP contribution is 2.36. The molecule has 0 amide bonds. The molecule has 0 saturated heterocycles. The van der Waals surface area contributed by atoms with Gasteiger partial charge in [-0.1, -0.05) is 30.3 Å². The maximum Gasteiger partial charge on any atom is 0.416 e. The summed E-state index contributed by atoms with van der Waals surface area (Å²) in [6.45, 7) is 0. The van der Waals surface area contributed by atoms with Crippen LogP contribution in [-0.4, -0.2) is 4.98 Å². The van der Waals surface area contributed by atoms with Gasteiger partial charge in [0.25, 0.3) is 0 Å². The van der Waals surface area contributed by atoms with E-state index in [4.69, 9.17) is 4.42 Å². The van der Waals surface area contributed by atoms with Crippen LogP contribution in [0.15, 0.2) is 82.1 Å². The second-order valence-corrected chi connectivity index (χ2v) is 6.06. The van der Waals surface area contributed by atoms with Gasteiger partial charge in [0, 0.05) is 11.9 Å². The van der Waals surface area contributed by atoms with E-state index in [1.54, 1.807) is 36.4 Å². The van der Waals surface area contributed by atoms with Crippen LogP contribution in [0.5, 0.6) is 0 Å². The Morgan fingerprint density at radius 3 is 2.46 bits per heavy atom. The average Bonchev–Trinajstić information content (AvgIpc) is 2.68. The van der Waals surface area contributed by atoms with Gasteiger partial charge >= 0.3 is 11.8 Å². The number of fused-ring (bicyclic) bond motifs is 1. The zero-order chi connectivity index (χ0) is 19.7. The van der Waals surface area contributed by atoms with E-state index in [-0.39, 0.29) is 22.4 Å². The predicted octanol–water partition coefficient (Wildman–Crippen LogP) is 5.62. The molecule has 7 heteroatoms. The van der Waals surface area contributed by atoms with Gasteiger partial charge in [-0.2, -0.15) is 13.2 Å². The van der Waals surface area contributed by atoms with E-state index in [2.05, 4.69) is 10.3 Å². The number of halogens is 3. The maximum atomic E-state index is 13.2. The van der Waals surface area contributed by atoms with Crippen LogP contribution in [0.4, 0.5) is 24.5 Å². The molecule has 0 bridgehead atoms. The maximum absolute atomic E-state index is 13.2.